The molecule has 0 amide bonds. The average molecular weight is 324 g/mol. The number of benzene rings is 2. The third kappa shape index (κ3) is 4.37. The van der Waals surface area contributed by atoms with Crippen molar-refractivity contribution in [2.24, 2.45) is 5.73 Å². The van der Waals surface area contributed by atoms with E-state index in [1.165, 1.54) is 0 Å². The highest BCUT2D eigenvalue weighted by Gasteiger charge is 2.11. The molecule has 0 aliphatic carbocycles. The topological polar surface area (TPSA) is 35.2 Å². The summed E-state index contributed by atoms with van der Waals surface area (Å²) in [5.41, 5.74) is 8.90. The zero-order chi connectivity index (χ0) is 15.4. The minimum absolute atomic E-state index is 0.0233. The predicted octanol–water partition coefficient (Wildman–Crippen LogP) is 4.77. The molecule has 2 aromatic rings. The molecule has 0 radical (unpaired) electrons. The van der Waals surface area contributed by atoms with E-state index in [0.29, 0.717) is 23.1 Å². The van der Waals surface area contributed by atoms with E-state index in [9.17, 15) is 0 Å². The van der Waals surface area contributed by atoms with Gasteiger partial charge in [-0.1, -0.05) is 41.4 Å². The average Bonchev–Trinajstić information content (AvgIpc) is 2.40. The number of aryl methyl sites for hydroxylation is 1. The predicted molar refractivity (Wildman–Crippen MR) is 89.3 cm³/mol. The lowest BCUT2D eigenvalue weighted by molar-refractivity contribution is 0.302. The molecule has 4 heteroatoms. The molecule has 0 saturated carbocycles. The molecule has 2 N–H and O–H groups in total. The molecule has 0 aliphatic heterocycles. The van der Waals surface area contributed by atoms with E-state index in [-0.39, 0.29) is 6.04 Å². The third-order valence-corrected chi connectivity index (χ3v) is 3.90. The highest BCUT2D eigenvalue weighted by atomic mass is 35.5. The Morgan fingerprint density at radius 1 is 1.14 bits per heavy atom. The number of rotatable bonds is 5. The normalized spacial score (nSPS) is 12.2. The summed E-state index contributed by atoms with van der Waals surface area (Å²) in [6.45, 7) is 4.36. The Bertz CT molecular complexity index is 626. The minimum atomic E-state index is 0.0233. The van der Waals surface area contributed by atoms with Gasteiger partial charge in [0.15, 0.2) is 0 Å². The molecule has 112 valence electrons. The molecule has 0 spiro atoms. The second-order valence-electron chi connectivity index (χ2n) is 5.28. The molecular weight excluding hydrogens is 305 g/mol. The van der Waals surface area contributed by atoms with E-state index in [4.69, 9.17) is 33.7 Å². The van der Waals surface area contributed by atoms with Gasteiger partial charge < -0.3 is 10.5 Å². The van der Waals surface area contributed by atoms with Crippen LogP contribution in [0.25, 0.3) is 0 Å². The Morgan fingerprint density at radius 2 is 1.90 bits per heavy atom. The quantitative estimate of drug-likeness (QED) is 0.860. The largest absolute Gasteiger partial charge is 0.489 e. The molecule has 0 saturated heterocycles. The van der Waals surface area contributed by atoms with E-state index in [1.807, 2.05) is 50.2 Å². The summed E-state index contributed by atoms with van der Waals surface area (Å²) in [6, 6.07) is 11.6. The zero-order valence-corrected chi connectivity index (χ0v) is 13.7. The van der Waals surface area contributed by atoms with Crippen LogP contribution in [0.3, 0.4) is 0 Å². The fourth-order valence-electron chi connectivity index (χ4n) is 2.12. The molecule has 2 rings (SSSR count). The third-order valence-electron chi connectivity index (χ3n) is 3.19. The molecule has 0 bridgehead atoms. The van der Waals surface area contributed by atoms with Crippen LogP contribution in [0.1, 0.15) is 23.6 Å². The second-order valence-corrected chi connectivity index (χ2v) is 6.10. The number of hydrogen-bond donors (Lipinski definition) is 1. The fraction of sp³-hybridized carbons (Fsp3) is 0.294. The van der Waals surface area contributed by atoms with Gasteiger partial charge in [-0.25, -0.2) is 0 Å². The summed E-state index contributed by atoms with van der Waals surface area (Å²) in [5, 5.41) is 1.39. The maximum absolute atomic E-state index is 6.25. The SMILES string of the molecule is Cc1ccc(COc2cccc(Cl)c2CC(C)N)c(Cl)c1. The molecular formula is C17H19Cl2NO. The molecule has 1 unspecified atom stereocenters. The molecule has 1 atom stereocenters. The molecule has 2 aromatic carbocycles. The Hall–Kier alpha value is -1.22. The molecule has 0 aliphatic rings. The maximum Gasteiger partial charge on any atom is 0.124 e. The number of nitrogens with two attached hydrogens (primary N) is 1. The van der Waals surface area contributed by atoms with Crippen molar-refractivity contribution in [3.8, 4) is 5.75 Å². The molecule has 2 nitrogen and oxygen atoms in total. The van der Waals surface area contributed by atoms with Crippen LogP contribution in [-0.2, 0) is 13.0 Å². The van der Waals surface area contributed by atoms with Crippen LogP contribution in [0.4, 0.5) is 0 Å². The van der Waals surface area contributed by atoms with E-state index >= 15 is 0 Å². The Labute approximate surface area is 135 Å². The van der Waals surface area contributed by atoms with Gasteiger partial charge in [0.25, 0.3) is 0 Å². The van der Waals surface area contributed by atoms with Gasteiger partial charge in [-0.05, 0) is 44.0 Å². The van der Waals surface area contributed by atoms with Crippen LogP contribution in [0, 0.1) is 6.92 Å². The first-order chi connectivity index (χ1) is 9.97. The van der Waals surface area contributed by atoms with Gasteiger partial charge >= 0.3 is 0 Å². The van der Waals surface area contributed by atoms with Crippen LogP contribution in [-0.4, -0.2) is 6.04 Å². The summed E-state index contributed by atoms with van der Waals surface area (Å²) < 4.78 is 5.90. The monoisotopic (exact) mass is 323 g/mol. The van der Waals surface area contributed by atoms with Gasteiger partial charge in [-0.3, -0.25) is 0 Å². The van der Waals surface area contributed by atoms with Crippen molar-refractivity contribution < 1.29 is 4.74 Å². The zero-order valence-electron chi connectivity index (χ0n) is 12.2. The van der Waals surface area contributed by atoms with Gasteiger partial charge in [0.1, 0.15) is 12.4 Å². The first kappa shape index (κ1) is 16.2. The van der Waals surface area contributed by atoms with Gasteiger partial charge in [0, 0.05) is 27.2 Å². The highest BCUT2D eigenvalue weighted by molar-refractivity contribution is 6.31. The number of ether oxygens (including phenoxy) is 1. The molecule has 0 heterocycles. The number of hydrogen-bond acceptors (Lipinski definition) is 2. The maximum atomic E-state index is 6.25. The van der Waals surface area contributed by atoms with Gasteiger partial charge in [0.05, 0.1) is 0 Å². The Morgan fingerprint density at radius 3 is 2.57 bits per heavy atom. The fourth-order valence-corrected chi connectivity index (χ4v) is 2.65. The van der Waals surface area contributed by atoms with Crippen molar-refractivity contribution >= 4 is 23.2 Å². The lowest BCUT2D eigenvalue weighted by atomic mass is 10.1. The summed E-state index contributed by atoms with van der Waals surface area (Å²) in [4.78, 5) is 0. The first-order valence-electron chi connectivity index (χ1n) is 6.88. The molecule has 0 aromatic heterocycles. The van der Waals surface area contributed by atoms with Crippen molar-refractivity contribution in [3.05, 3.63) is 63.1 Å². The van der Waals surface area contributed by atoms with Crippen LogP contribution in [0.2, 0.25) is 10.0 Å². The van der Waals surface area contributed by atoms with Crippen molar-refractivity contribution in [1.82, 2.24) is 0 Å². The standard InChI is InChI=1S/C17H19Cl2NO/c1-11-6-7-13(16(19)8-11)10-21-17-5-3-4-15(18)14(17)9-12(2)20/h3-8,12H,9-10,20H2,1-2H3. The van der Waals surface area contributed by atoms with Crippen molar-refractivity contribution in [1.29, 1.82) is 0 Å². The van der Waals surface area contributed by atoms with E-state index < -0.39 is 0 Å². The van der Waals surface area contributed by atoms with Crippen molar-refractivity contribution in [2.45, 2.75) is 32.9 Å². The Kier molecular flexibility index (Phi) is 5.51. The van der Waals surface area contributed by atoms with Crippen LogP contribution in [0.15, 0.2) is 36.4 Å². The lowest BCUT2D eigenvalue weighted by Gasteiger charge is -2.15. The minimum Gasteiger partial charge on any atom is -0.489 e. The molecule has 21 heavy (non-hydrogen) atoms. The second kappa shape index (κ2) is 7.17. The summed E-state index contributed by atoms with van der Waals surface area (Å²) in [6.07, 6.45) is 0.677. The van der Waals surface area contributed by atoms with Crippen LogP contribution in [0.5, 0.6) is 5.75 Å². The van der Waals surface area contributed by atoms with Gasteiger partial charge in [-0.2, -0.15) is 0 Å². The number of halogens is 2. The van der Waals surface area contributed by atoms with Gasteiger partial charge in [0.2, 0.25) is 0 Å². The van der Waals surface area contributed by atoms with Crippen LogP contribution >= 0.6 is 23.2 Å². The Balaban J connectivity index is 2.18. The first-order valence-corrected chi connectivity index (χ1v) is 7.63. The summed E-state index contributed by atoms with van der Waals surface area (Å²) in [5.74, 6) is 0.761. The van der Waals surface area contributed by atoms with E-state index in [1.54, 1.807) is 0 Å². The highest BCUT2D eigenvalue weighted by Crippen LogP contribution is 2.29. The van der Waals surface area contributed by atoms with Crippen LogP contribution < -0.4 is 10.5 Å². The smallest absolute Gasteiger partial charge is 0.124 e. The van der Waals surface area contributed by atoms with Gasteiger partial charge in [-0.15, -0.1) is 0 Å². The molecule has 0 fully saturated rings. The van der Waals surface area contributed by atoms with Crippen molar-refractivity contribution in [3.63, 3.8) is 0 Å². The summed E-state index contributed by atoms with van der Waals surface area (Å²) >= 11 is 12.5. The lowest BCUT2D eigenvalue weighted by Crippen LogP contribution is -2.18. The van der Waals surface area contributed by atoms with E-state index in [2.05, 4.69) is 0 Å². The van der Waals surface area contributed by atoms with E-state index in [0.717, 1.165) is 22.4 Å². The summed E-state index contributed by atoms with van der Waals surface area (Å²) in [7, 11) is 0. The van der Waals surface area contributed by atoms with Crippen molar-refractivity contribution in [2.75, 3.05) is 0 Å².